The summed E-state index contributed by atoms with van der Waals surface area (Å²) in [6.07, 6.45) is 1.42. The van der Waals surface area contributed by atoms with Crippen molar-refractivity contribution in [2.75, 3.05) is 14.2 Å². The van der Waals surface area contributed by atoms with Gasteiger partial charge < -0.3 is 14.6 Å². The van der Waals surface area contributed by atoms with Crippen molar-refractivity contribution in [3.63, 3.8) is 0 Å². The van der Waals surface area contributed by atoms with Crippen molar-refractivity contribution < 1.29 is 19.4 Å². The van der Waals surface area contributed by atoms with Gasteiger partial charge in [-0.3, -0.25) is 0 Å². The molecule has 5 nitrogen and oxygen atoms in total. The van der Waals surface area contributed by atoms with Crippen molar-refractivity contribution in [2.45, 2.75) is 0 Å². The van der Waals surface area contributed by atoms with Gasteiger partial charge in [-0.2, -0.15) is 0 Å². The number of halogens is 1. The molecule has 2 rings (SSSR count). The topological polar surface area (TPSA) is 68.7 Å². The zero-order chi connectivity index (χ0) is 14.7. The van der Waals surface area contributed by atoms with Crippen LogP contribution in [0, 0.1) is 0 Å². The second-order valence-corrected chi connectivity index (χ2v) is 4.31. The van der Waals surface area contributed by atoms with Gasteiger partial charge in [0, 0.05) is 11.8 Å². The van der Waals surface area contributed by atoms with Crippen LogP contribution in [0.5, 0.6) is 11.5 Å². The normalized spacial score (nSPS) is 10.2. The van der Waals surface area contributed by atoms with Gasteiger partial charge in [0.1, 0.15) is 5.15 Å². The van der Waals surface area contributed by atoms with E-state index in [1.807, 2.05) is 0 Å². The lowest BCUT2D eigenvalue weighted by Crippen LogP contribution is -2.01. The fraction of sp³-hybridized carbons (Fsp3) is 0.143. The molecule has 0 saturated heterocycles. The smallest absolute Gasteiger partial charge is 0.336 e. The maximum Gasteiger partial charge on any atom is 0.336 e. The Morgan fingerprint density at radius 2 is 1.90 bits per heavy atom. The molecule has 1 aromatic carbocycles. The number of hydrogen-bond acceptors (Lipinski definition) is 4. The number of pyridine rings is 1. The van der Waals surface area contributed by atoms with Gasteiger partial charge in [0.15, 0.2) is 11.5 Å². The predicted octanol–water partition coefficient (Wildman–Crippen LogP) is 3.12. The highest BCUT2D eigenvalue weighted by Crippen LogP contribution is 2.33. The molecule has 0 fully saturated rings. The van der Waals surface area contributed by atoms with Crippen molar-refractivity contribution in [2.24, 2.45) is 0 Å². The first-order valence-electron chi connectivity index (χ1n) is 5.68. The average Bonchev–Trinajstić information content (AvgIpc) is 2.46. The highest BCUT2D eigenvalue weighted by Gasteiger charge is 2.15. The largest absolute Gasteiger partial charge is 0.493 e. The van der Waals surface area contributed by atoms with E-state index in [2.05, 4.69) is 4.98 Å². The maximum absolute atomic E-state index is 11.3. The number of nitrogens with zero attached hydrogens (tertiary/aromatic N) is 1. The van der Waals surface area contributed by atoms with E-state index in [1.165, 1.54) is 26.5 Å². The minimum absolute atomic E-state index is 0.0808. The molecule has 1 N–H and O–H groups in total. The highest BCUT2D eigenvalue weighted by atomic mass is 35.5. The number of carboxylic acids is 1. The lowest BCUT2D eigenvalue weighted by Gasteiger charge is -2.11. The van der Waals surface area contributed by atoms with Crippen LogP contribution in [-0.4, -0.2) is 30.3 Å². The summed E-state index contributed by atoms with van der Waals surface area (Å²) in [7, 11) is 3.05. The molecule has 6 heteroatoms. The molecule has 0 amide bonds. The van der Waals surface area contributed by atoms with E-state index in [0.717, 1.165) is 0 Å². The van der Waals surface area contributed by atoms with E-state index in [4.69, 9.17) is 21.1 Å². The molecule has 2 aromatic rings. The third-order valence-electron chi connectivity index (χ3n) is 2.80. The molecule has 0 radical (unpaired) electrons. The fourth-order valence-electron chi connectivity index (χ4n) is 1.84. The highest BCUT2D eigenvalue weighted by molar-refractivity contribution is 6.29. The standard InChI is InChI=1S/C14H12ClNO4/c1-19-11-4-3-8(5-12(11)20-2)10-7-16-13(15)6-9(10)14(17)18/h3-7H,1-2H3,(H,17,18). The number of carbonyl (C=O) groups is 1. The Morgan fingerprint density at radius 1 is 1.20 bits per heavy atom. The Bertz CT molecular complexity index is 658. The second-order valence-electron chi connectivity index (χ2n) is 3.93. The van der Waals surface area contributed by atoms with E-state index < -0.39 is 5.97 Å². The van der Waals surface area contributed by atoms with Gasteiger partial charge >= 0.3 is 5.97 Å². The number of aromatic nitrogens is 1. The monoisotopic (exact) mass is 293 g/mol. The van der Waals surface area contributed by atoms with Gasteiger partial charge in [0.2, 0.25) is 0 Å². The molecule has 0 saturated carbocycles. The molecule has 0 aliphatic heterocycles. The zero-order valence-electron chi connectivity index (χ0n) is 10.9. The van der Waals surface area contributed by atoms with Crippen molar-refractivity contribution in [3.05, 3.63) is 41.2 Å². The number of ether oxygens (including phenoxy) is 2. The summed E-state index contributed by atoms with van der Waals surface area (Å²) < 4.78 is 10.3. The van der Waals surface area contributed by atoms with E-state index in [9.17, 15) is 9.90 Å². The SMILES string of the molecule is COc1ccc(-c2cnc(Cl)cc2C(=O)O)cc1OC. The van der Waals surface area contributed by atoms with Gasteiger partial charge in [-0.25, -0.2) is 9.78 Å². The van der Waals surface area contributed by atoms with Gasteiger partial charge in [-0.05, 0) is 23.8 Å². The van der Waals surface area contributed by atoms with Crippen LogP contribution in [0.2, 0.25) is 5.15 Å². The summed E-state index contributed by atoms with van der Waals surface area (Å²) in [6, 6.07) is 6.44. The molecule has 0 aliphatic rings. The third-order valence-corrected chi connectivity index (χ3v) is 3.00. The minimum atomic E-state index is -1.07. The Balaban J connectivity index is 2.59. The van der Waals surface area contributed by atoms with Crippen LogP contribution in [0.3, 0.4) is 0 Å². The molecule has 0 spiro atoms. The molecular formula is C14H12ClNO4. The number of benzene rings is 1. The molecule has 0 bridgehead atoms. The van der Waals surface area contributed by atoms with Crippen LogP contribution >= 0.6 is 11.6 Å². The zero-order valence-corrected chi connectivity index (χ0v) is 11.6. The Kier molecular flexibility index (Phi) is 4.10. The van der Waals surface area contributed by atoms with Crippen molar-refractivity contribution in [1.82, 2.24) is 4.98 Å². The Morgan fingerprint density at radius 3 is 2.50 bits per heavy atom. The van der Waals surface area contributed by atoms with Crippen LogP contribution in [0.4, 0.5) is 0 Å². The summed E-state index contributed by atoms with van der Waals surface area (Å²) in [4.78, 5) is 15.2. The summed E-state index contributed by atoms with van der Waals surface area (Å²) in [5.74, 6) is 0.00502. The van der Waals surface area contributed by atoms with Crippen molar-refractivity contribution in [3.8, 4) is 22.6 Å². The summed E-state index contributed by atoms with van der Waals surface area (Å²) in [6.45, 7) is 0. The third kappa shape index (κ3) is 2.67. The van der Waals surface area contributed by atoms with Crippen LogP contribution in [-0.2, 0) is 0 Å². The first-order chi connectivity index (χ1) is 9.56. The summed E-state index contributed by atoms with van der Waals surface area (Å²) >= 11 is 5.74. The first-order valence-corrected chi connectivity index (χ1v) is 6.06. The van der Waals surface area contributed by atoms with E-state index in [1.54, 1.807) is 18.2 Å². The van der Waals surface area contributed by atoms with Crippen LogP contribution in [0.25, 0.3) is 11.1 Å². The molecule has 1 heterocycles. The lowest BCUT2D eigenvalue weighted by atomic mass is 10.0. The quantitative estimate of drug-likeness (QED) is 0.877. The van der Waals surface area contributed by atoms with Gasteiger partial charge in [-0.1, -0.05) is 17.7 Å². The molecule has 20 heavy (non-hydrogen) atoms. The minimum Gasteiger partial charge on any atom is -0.493 e. The number of hydrogen-bond donors (Lipinski definition) is 1. The second kappa shape index (κ2) is 5.79. The molecule has 0 unspecified atom stereocenters. The summed E-state index contributed by atoms with van der Waals surface area (Å²) in [5, 5.41) is 9.37. The predicted molar refractivity (Wildman–Crippen MR) is 74.7 cm³/mol. The summed E-state index contributed by atoms with van der Waals surface area (Å²) in [5.41, 5.74) is 1.20. The van der Waals surface area contributed by atoms with Crippen LogP contribution < -0.4 is 9.47 Å². The van der Waals surface area contributed by atoms with E-state index in [0.29, 0.717) is 22.6 Å². The fourth-order valence-corrected chi connectivity index (χ4v) is 2.00. The van der Waals surface area contributed by atoms with E-state index >= 15 is 0 Å². The maximum atomic E-state index is 11.3. The molecule has 104 valence electrons. The number of aromatic carboxylic acids is 1. The van der Waals surface area contributed by atoms with Gasteiger partial charge in [0.25, 0.3) is 0 Å². The lowest BCUT2D eigenvalue weighted by molar-refractivity contribution is 0.0697. The van der Waals surface area contributed by atoms with Crippen LogP contribution in [0.1, 0.15) is 10.4 Å². The van der Waals surface area contributed by atoms with Crippen molar-refractivity contribution >= 4 is 17.6 Å². The van der Waals surface area contributed by atoms with Gasteiger partial charge in [0.05, 0.1) is 19.8 Å². The number of carboxylic acid groups (broad SMARTS) is 1. The molecule has 1 aromatic heterocycles. The Hall–Kier alpha value is -2.27. The van der Waals surface area contributed by atoms with Crippen LogP contribution in [0.15, 0.2) is 30.5 Å². The van der Waals surface area contributed by atoms with E-state index in [-0.39, 0.29) is 10.7 Å². The average molecular weight is 294 g/mol. The Labute approximate surface area is 120 Å². The van der Waals surface area contributed by atoms with Crippen molar-refractivity contribution in [1.29, 1.82) is 0 Å². The number of methoxy groups -OCH3 is 2. The first kappa shape index (κ1) is 14.1. The number of rotatable bonds is 4. The molecular weight excluding hydrogens is 282 g/mol. The molecule has 0 atom stereocenters. The molecule has 0 aliphatic carbocycles. The van der Waals surface area contributed by atoms with Gasteiger partial charge in [-0.15, -0.1) is 0 Å².